The molecule has 0 aliphatic carbocycles. The van der Waals surface area contributed by atoms with Crippen LogP contribution >= 0.6 is 0 Å². The average molecular weight is 363 g/mol. The molecule has 1 N–H and O–H groups in total. The first-order chi connectivity index (χ1) is 12.3. The minimum atomic E-state index is -1.23. The van der Waals surface area contributed by atoms with E-state index in [1.807, 2.05) is 0 Å². The summed E-state index contributed by atoms with van der Waals surface area (Å²) in [6.45, 7) is 1.43. The van der Waals surface area contributed by atoms with Crippen molar-refractivity contribution >= 4 is 11.6 Å². The van der Waals surface area contributed by atoms with E-state index >= 15 is 0 Å². The number of anilines is 1. The van der Waals surface area contributed by atoms with Crippen LogP contribution < -0.4 is 5.32 Å². The third-order valence-electron chi connectivity index (χ3n) is 3.85. The van der Waals surface area contributed by atoms with Crippen LogP contribution in [0.5, 0.6) is 0 Å². The fraction of sp³-hybridized carbons (Fsp3) is 0.111. The molecule has 8 heteroatoms. The van der Waals surface area contributed by atoms with Crippen LogP contribution in [0, 0.1) is 30.3 Å². The van der Waals surface area contributed by atoms with E-state index in [-0.39, 0.29) is 28.1 Å². The molecule has 0 fully saturated rings. The molecule has 4 nitrogen and oxygen atoms in total. The molecule has 0 aliphatic rings. The van der Waals surface area contributed by atoms with Crippen molar-refractivity contribution in [3.8, 4) is 11.1 Å². The maximum Gasteiger partial charge on any atom is 0.262 e. The van der Waals surface area contributed by atoms with Crippen molar-refractivity contribution in [3.05, 3.63) is 71.1 Å². The second-order valence-electron chi connectivity index (χ2n) is 5.62. The summed E-state index contributed by atoms with van der Waals surface area (Å²) in [6.07, 6.45) is 0. The van der Waals surface area contributed by atoms with Crippen molar-refractivity contribution in [1.29, 1.82) is 0 Å². The van der Waals surface area contributed by atoms with Crippen molar-refractivity contribution in [2.45, 2.75) is 6.92 Å². The molecule has 1 heterocycles. The van der Waals surface area contributed by atoms with E-state index in [1.165, 1.54) is 32.2 Å². The Bertz CT molecular complexity index is 1010. The predicted molar refractivity (Wildman–Crippen MR) is 87.6 cm³/mol. The van der Waals surface area contributed by atoms with Crippen LogP contribution in [0.4, 0.5) is 23.2 Å². The van der Waals surface area contributed by atoms with Gasteiger partial charge in [0, 0.05) is 24.2 Å². The summed E-state index contributed by atoms with van der Waals surface area (Å²) >= 11 is 0. The van der Waals surface area contributed by atoms with Gasteiger partial charge in [-0.2, -0.15) is 9.49 Å². The Kier molecular flexibility index (Phi) is 4.50. The summed E-state index contributed by atoms with van der Waals surface area (Å²) < 4.78 is 56.4. The van der Waals surface area contributed by atoms with Gasteiger partial charge in [-0.3, -0.25) is 4.79 Å². The van der Waals surface area contributed by atoms with Gasteiger partial charge in [-0.1, -0.05) is 18.2 Å². The quantitative estimate of drug-likeness (QED) is 0.709. The Morgan fingerprint density at radius 1 is 1.00 bits per heavy atom. The van der Waals surface area contributed by atoms with Crippen molar-refractivity contribution in [1.82, 2.24) is 9.78 Å². The van der Waals surface area contributed by atoms with Gasteiger partial charge in [-0.05, 0) is 19.1 Å². The van der Waals surface area contributed by atoms with E-state index in [0.717, 1.165) is 22.9 Å². The number of aromatic nitrogens is 2. The van der Waals surface area contributed by atoms with Crippen molar-refractivity contribution in [2.75, 3.05) is 5.32 Å². The largest absolute Gasteiger partial charge is 0.321 e. The number of nitrogens with zero attached hydrogens (tertiary/aromatic N) is 2. The summed E-state index contributed by atoms with van der Waals surface area (Å²) in [5.41, 5.74) is -0.515. The molecular formula is C18H13F4N3O. The van der Waals surface area contributed by atoms with E-state index in [9.17, 15) is 22.4 Å². The topological polar surface area (TPSA) is 46.9 Å². The van der Waals surface area contributed by atoms with Gasteiger partial charge in [0.25, 0.3) is 5.91 Å². The molecule has 0 unspecified atom stereocenters. The van der Waals surface area contributed by atoms with Crippen LogP contribution in [0.1, 0.15) is 16.1 Å². The molecule has 0 radical (unpaired) electrons. The van der Waals surface area contributed by atoms with Crippen molar-refractivity contribution in [3.63, 3.8) is 0 Å². The maximum absolute atomic E-state index is 14.1. The highest BCUT2D eigenvalue weighted by Crippen LogP contribution is 2.32. The molecule has 0 spiro atoms. The summed E-state index contributed by atoms with van der Waals surface area (Å²) in [7, 11) is 1.32. The Morgan fingerprint density at radius 2 is 1.65 bits per heavy atom. The number of amides is 1. The van der Waals surface area contributed by atoms with E-state index in [2.05, 4.69) is 10.4 Å². The standard InChI is InChI=1S/C18H13F4N3O/c1-9-16(17(22)25(2)24-9)18(26)23-15-8-14(21)13(20)7-11(15)10-5-3-4-6-12(10)19/h3-8H,1-2H3,(H,23,26). The molecular weight excluding hydrogens is 350 g/mol. The molecule has 0 saturated heterocycles. The van der Waals surface area contributed by atoms with E-state index in [1.54, 1.807) is 0 Å². The number of hydrogen-bond acceptors (Lipinski definition) is 2. The van der Waals surface area contributed by atoms with Gasteiger partial charge in [0.2, 0.25) is 5.95 Å². The maximum atomic E-state index is 14.1. The van der Waals surface area contributed by atoms with Gasteiger partial charge < -0.3 is 5.32 Å². The molecule has 1 aromatic heterocycles. The first-order valence-corrected chi connectivity index (χ1v) is 7.54. The summed E-state index contributed by atoms with van der Waals surface area (Å²) in [6, 6.07) is 6.94. The average Bonchev–Trinajstić information content (AvgIpc) is 2.84. The Labute approximate surface area is 146 Å². The van der Waals surface area contributed by atoms with Gasteiger partial charge in [0.1, 0.15) is 11.4 Å². The highest BCUT2D eigenvalue weighted by atomic mass is 19.2. The minimum absolute atomic E-state index is 0.0370. The van der Waals surface area contributed by atoms with Gasteiger partial charge in [0.15, 0.2) is 11.6 Å². The molecule has 0 bridgehead atoms. The summed E-state index contributed by atoms with van der Waals surface area (Å²) in [4.78, 5) is 12.4. The van der Waals surface area contributed by atoms with Crippen LogP contribution in [-0.4, -0.2) is 15.7 Å². The van der Waals surface area contributed by atoms with E-state index in [0.29, 0.717) is 0 Å². The fourth-order valence-corrected chi connectivity index (χ4v) is 2.63. The van der Waals surface area contributed by atoms with Gasteiger partial charge in [0.05, 0.1) is 11.4 Å². The van der Waals surface area contributed by atoms with E-state index < -0.39 is 29.3 Å². The Morgan fingerprint density at radius 3 is 2.27 bits per heavy atom. The lowest BCUT2D eigenvalue weighted by Crippen LogP contribution is -2.15. The first-order valence-electron chi connectivity index (χ1n) is 7.54. The normalized spacial score (nSPS) is 10.8. The molecule has 0 saturated carbocycles. The number of halogens is 4. The minimum Gasteiger partial charge on any atom is -0.321 e. The lowest BCUT2D eigenvalue weighted by molar-refractivity contribution is 0.102. The third kappa shape index (κ3) is 3.05. The smallest absolute Gasteiger partial charge is 0.262 e. The number of nitrogens with one attached hydrogen (secondary N) is 1. The van der Waals surface area contributed by atoms with Crippen molar-refractivity contribution < 1.29 is 22.4 Å². The van der Waals surface area contributed by atoms with E-state index in [4.69, 9.17) is 0 Å². The Hall–Kier alpha value is -3.16. The molecule has 2 aromatic carbocycles. The van der Waals surface area contributed by atoms with Crippen LogP contribution in [0.3, 0.4) is 0 Å². The van der Waals surface area contributed by atoms with Crippen LogP contribution in [-0.2, 0) is 7.05 Å². The molecule has 0 aliphatic heterocycles. The molecule has 26 heavy (non-hydrogen) atoms. The highest BCUT2D eigenvalue weighted by molar-refractivity contribution is 6.07. The molecule has 3 aromatic rings. The number of hydrogen-bond donors (Lipinski definition) is 1. The summed E-state index contributed by atoms with van der Waals surface area (Å²) in [5, 5.41) is 6.10. The number of carbonyl (C=O) groups excluding carboxylic acids is 1. The lowest BCUT2D eigenvalue weighted by Gasteiger charge is -2.13. The summed E-state index contributed by atoms with van der Waals surface area (Å²) in [5.74, 6) is -4.90. The second kappa shape index (κ2) is 6.62. The fourth-order valence-electron chi connectivity index (χ4n) is 2.63. The zero-order valence-corrected chi connectivity index (χ0v) is 13.8. The highest BCUT2D eigenvalue weighted by Gasteiger charge is 2.23. The monoisotopic (exact) mass is 363 g/mol. The van der Waals surface area contributed by atoms with Gasteiger partial charge >= 0.3 is 0 Å². The number of aryl methyl sites for hydroxylation is 2. The van der Waals surface area contributed by atoms with Crippen LogP contribution in [0.15, 0.2) is 36.4 Å². The van der Waals surface area contributed by atoms with Crippen molar-refractivity contribution in [2.24, 2.45) is 7.05 Å². The third-order valence-corrected chi connectivity index (χ3v) is 3.85. The van der Waals surface area contributed by atoms with Crippen LogP contribution in [0.2, 0.25) is 0 Å². The first kappa shape index (κ1) is 17.7. The number of benzene rings is 2. The zero-order chi connectivity index (χ0) is 19.0. The molecule has 134 valence electrons. The SMILES string of the molecule is Cc1nn(C)c(F)c1C(=O)Nc1cc(F)c(F)cc1-c1ccccc1F. The number of carbonyl (C=O) groups is 1. The lowest BCUT2D eigenvalue weighted by atomic mass is 10.0. The predicted octanol–water partition coefficient (Wildman–Crippen LogP) is 4.20. The van der Waals surface area contributed by atoms with Gasteiger partial charge in [-0.25, -0.2) is 17.9 Å². The Balaban J connectivity index is 2.09. The molecule has 0 atom stereocenters. The molecule has 3 rings (SSSR count). The second-order valence-corrected chi connectivity index (χ2v) is 5.62. The van der Waals surface area contributed by atoms with Gasteiger partial charge in [-0.15, -0.1) is 0 Å². The number of rotatable bonds is 3. The zero-order valence-electron chi connectivity index (χ0n) is 13.8. The molecule has 1 amide bonds. The van der Waals surface area contributed by atoms with Crippen LogP contribution in [0.25, 0.3) is 11.1 Å².